The van der Waals surface area contributed by atoms with Crippen molar-refractivity contribution in [1.29, 1.82) is 0 Å². The molecule has 0 aromatic rings. The van der Waals surface area contributed by atoms with Crippen LogP contribution in [0.3, 0.4) is 0 Å². The number of rotatable bonds is 2. The molecular weight excluding hydrogens is 282 g/mol. The molecule has 1 aliphatic heterocycles. The summed E-state index contributed by atoms with van der Waals surface area (Å²) in [6.07, 6.45) is 7.20. The average Bonchev–Trinajstić information content (AvgIpc) is 2.45. The quantitative estimate of drug-likeness (QED) is 0.845. The molecule has 22 heavy (non-hydrogen) atoms. The molecule has 0 radical (unpaired) electrons. The monoisotopic (exact) mass is 311 g/mol. The van der Waals surface area contributed by atoms with Crippen molar-refractivity contribution in [2.75, 3.05) is 6.54 Å². The van der Waals surface area contributed by atoms with E-state index in [-0.39, 0.29) is 0 Å². The first kappa shape index (κ1) is 17.1. The molecule has 2 fully saturated rings. The summed E-state index contributed by atoms with van der Waals surface area (Å²) in [4.78, 5) is 25.3. The Morgan fingerprint density at radius 3 is 2.18 bits per heavy atom. The van der Waals surface area contributed by atoms with Crippen LogP contribution in [0.25, 0.3) is 0 Å². The van der Waals surface area contributed by atoms with Gasteiger partial charge in [-0.05, 0) is 45.4 Å². The molecule has 1 N–H and O–H groups in total. The Balaban J connectivity index is 2.06. The minimum atomic E-state index is -0.923. The minimum absolute atomic E-state index is 0.420. The van der Waals surface area contributed by atoms with Crippen LogP contribution in [0.4, 0.5) is 4.79 Å². The lowest BCUT2D eigenvalue weighted by molar-refractivity contribution is -0.145. The van der Waals surface area contributed by atoms with E-state index in [1.807, 2.05) is 20.8 Å². The van der Waals surface area contributed by atoms with Gasteiger partial charge in [0.2, 0.25) is 0 Å². The summed E-state index contributed by atoms with van der Waals surface area (Å²) in [6.45, 7) is 5.95. The van der Waals surface area contributed by atoms with E-state index in [0.29, 0.717) is 24.8 Å². The molecule has 0 aromatic heterocycles. The van der Waals surface area contributed by atoms with Crippen LogP contribution in [0.5, 0.6) is 0 Å². The Morgan fingerprint density at radius 2 is 1.64 bits per heavy atom. The molecule has 2 aliphatic rings. The second-order valence-corrected chi connectivity index (χ2v) is 7.72. The van der Waals surface area contributed by atoms with E-state index in [9.17, 15) is 14.7 Å². The van der Waals surface area contributed by atoms with Crippen LogP contribution >= 0.6 is 0 Å². The zero-order valence-corrected chi connectivity index (χ0v) is 14.0. The van der Waals surface area contributed by atoms with Crippen molar-refractivity contribution in [3.8, 4) is 0 Å². The van der Waals surface area contributed by atoms with Gasteiger partial charge in [-0.1, -0.05) is 32.1 Å². The summed E-state index contributed by atoms with van der Waals surface area (Å²) in [5.41, 5.74) is -0.599. The summed E-state index contributed by atoms with van der Waals surface area (Å²) in [6, 6.07) is -0.741. The fourth-order valence-electron chi connectivity index (χ4n) is 3.77. The number of carboxylic acid groups (broad SMARTS) is 1. The van der Waals surface area contributed by atoms with Crippen molar-refractivity contribution < 1.29 is 19.4 Å². The highest BCUT2D eigenvalue weighted by Crippen LogP contribution is 2.36. The lowest BCUT2D eigenvalue weighted by Crippen LogP contribution is -2.53. The summed E-state index contributed by atoms with van der Waals surface area (Å²) >= 11 is 0. The second kappa shape index (κ2) is 6.88. The Morgan fingerprint density at radius 1 is 1.00 bits per heavy atom. The zero-order valence-electron chi connectivity index (χ0n) is 14.0. The number of likely N-dealkylation sites (tertiary alicyclic amines) is 1. The molecule has 0 spiro atoms. The molecule has 5 heteroatoms. The molecule has 1 saturated heterocycles. The van der Waals surface area contributed by atoms with Gasteiger partial charge in [0.25, 0.3) is 0 Å². The molecular formula is C17H29NO4. The molecule has 1 amide bonds. The van der Waals surface area contributed by atoms with Crippen LogP contribution in [0, 0.1) is 11.8 Å². The van der Waals surface area contributed by atoms with Crippen LogP contribution in [0.2, 0.25) is 0 Å². The van der Waals surface area contributed by atoms with Crippen LogP contribution in [0.1, 0.15) is 65.7 Å². The Hall–Kier alpha value is -1.26. The standard InChI is InChI=1S/C17H29NO4/c1-17(2,3)22-16(21)18-11-13(9-10-14(18)15(19)20)12-7-5-4-6-8-12/h12-14H,4-11H2,1-3H3,(H,19,20)/t13-,14-/m1/s1. The first-order valence-corrected chi connectivity index (χ1v) is 8.50. The number of aliphatic carboxylic acids is 1. The molecule has 2 rings (SSSR count). The van der Waals surface area contributed by atoms with E-state index in [1.165, 1.54) is 37.0 Å². The van der Waals surface area contributed by atoms with Gasteiger partial charge in [0.05, 0.1) is 0 Å². The molecule has 1 saturated carbocycles. The van der Waals surface area contributed by atoms with Crippen LogP contribution < -0.4 is 0 Å². The van der Waals surface area contributed by atoms with Gasteiger partial charge in [-0.2, -0.15) is 0 Å². The van der Waals surface area contributed by atoms with Crippen LogP contribution in [-0.2, 0) is 9.53 Å². The van der Waals surface area contributed by atoms with Crippen molar-refractivity contribution in [3.63, 3.8) is 0 Å². The van der Waals surface area contributed by atoms with Gasteiger partial charge in [0.1, 0.15) is 11.6 Å². The molecule has 126 valence electrons. The van der Waals surface area contributed by atoms with Gasteiger partial charge < -0.3 is 9.84 Å². The lowest BCUT2D eigenvalue weighted by atomic mass is 9.75. The molecule has 2 atom stereocenters. The SMILES string of the molecule is CC(C)(C)OC(=O)N1C[C@H](C2CCCCC2)CC[C@@H]1C(=O)O. The van der Waals surface area contributed by atoms with E-state index < -0.39 is 23.7 Å². The number of amides is 1. The predicted octanol–water partition coefficient (Wildman–Crippen LogP) is 3.67. The third-order valence-electron chi connectivity index (χ3n) is 4.85. The van der Waals surface area contributed by atoms with Gasteiger partial charge in [-0.3, -0.25) is 4.90 Å². The lowest BCUT2D eigenvalue weighted by Gasteiger charge is -2.41. The number of carbonyl (C=O) groups is 2. The maximum atomic E-state index is 12.4. The molecule has 5 nitrogen and oxygen atoms in total. The van der Waals surface area contributed by atoms with E-state index in [4.69, 9.17) is 4.74 Å². The van der Waals surface area contributed by atoms with Crippen molar-refractivity contribution in [1.82, 2.24) is 4.90 Å². The highest BCUT2D eigenvalue weighted by atomic mass is 16.6. The van der Waals surface area contributed by atoms with Gasteiger partial charge in [0.15, 0.2) is 0 Å². The third-order valence-corrected chi connectivity index (χ3v) is 4.85. The maximum Gasteiger partial charge on any atom is 0.411 e. The minimum Gasteiger partial charge on any atom is -0.480 e. The number of nitrogens with zero attached hydrogens (tertiary/aromatic N) is 1. The van der Waals surface area contributed by atoms with Crippen molar-refractivity contribution in [2.45, 2.75) is 77.4 Å². The third kappa shape index (κ3) is 4.37. The van der Waals surface area contributed by atoms with Crippen molar-refractivity contribution in [3.05, 3.63) is 0 Å². The summed E-state index contributed by atoms with van der Waals surface area (Å²) < 4.78 is 5.42. The molecule has 0 unspecified atom stereocenters. The normalized spacial score (nSPS) is 27.5. The fourth-order valence-corrected chi connectivity index (χ4v) is 3.77. The average molecular weight is 311 g/mol. The zero-order chi connectivity index (χ0) is 16.3. The maximum absolute atomic E-state index is 12.4. The second-order valence-electron chi connectivity index (χ2n) is 7.72. The largest absolute Gasteiger partial charge is 0.480 e. The molecule has 0 bridgehead atoms. The number of ether oxygens (including phenoxy) is 1. The summed E-state index contributed by atoms with van der Waals surface area (Å²) in [5, 5.41) is 9.40. The summed E-state index contributed by atoms with van der Waals surface area (Å²) in [5.74, 6) is 0.129. The Bertz CT molecular complexity index is 409. The van der Waals surface area contributed by atoms with Crippen molar-refractivity contribution >= 4 is 12.1 Å². The van der Waals surface area contributed by atoms with Gasteiger partial charge in [-0.25, -0.2) is 9.59 Å². The van der Waals surface area contributed by atoms with E-state index in [0.717, 1.165) is 6.42 Å². The number of piperidine rings is 1. The molecule has 1 aliphatic carbocycles. The van der Waals surface area contributed by atoms with E-state index in [1.54, 1.807) is 0 Å². The molecule has 1 heterocycles. The Labute approximate surface area is 133 Å². The first-order chi connectivity index (χ1) is 10.3. The fraction of sp³-hybridized carbons (Fsp3) is 0.882. The van der Waals surface area contributed by atoms with E-state index >= 15 is 0 Å². The van der Waals surface area contributed by atoms with Crippen molar-refractivity contribution in [2.24, 2.45) is 11.8 Å². The number of hydrogen-bond donors (Lipinski definition) is 1. The topological polar surface area (TPSA) is 66.8 Å². The van der Waals surface area contributed by atoms with Crippen LogP contribution in [-0.4, -0.2) is 40.3 Å². The Kier molecular flexibility index (Phi) is 5.35. The number of carboxylic acids is 1. The van der Waals surface area contributed by atoms with Crippen LogP contribution in [0.15, 0.2) is 0 Å². The first-order valence-electron chi connectivity index (χ1n) is 8.50. The van der Waals surface area contributed by atoms with Gasteiger partial charge >= 0.3 is 12.1 Å². The van der Waals surface area contributed by atoms with Gasteiger partial charge in [0, 0.05) is 6.54 Å². The van der Waals surface area contributed by atoms with E-state index in [2.05, 4.69) is 0 Å². The highest BCUT2D eigenvalue weighted by molar-refractivity contribution is 5.80. The smallest absolute Gasteiger partial charge is 0.411 e. The summed E-state index contributed by atoms with van der Waals surface area (Å²) in [7, 11) is 0. The van der Waals surface area contributed by atoms with Gasteiger partial charge in [-0.15, -0.1) is 0 Å². The predicted molar refractivity (Wildman–Crippen MR) is 83.7 cm³/mol. The molecule has 0 aromatic carbocycles. The highest BCUT2D eigenvalue weighted by Gasteiger charge is 2.40. The number of carbonyl (C=O) groups excluding carboxylic acids is 1. The number of hydrogen-bond acceptors (Lipinski definition) is 3.